The molecular weight excluding hydrogens is 669 g/mol. The van der Waals surface area contributed by atoms with E-state index in [0.717, 1.165) is 36.8 Å². The highest BCUT2D eigenvalue weighted by Gasteiger charge is 2.46. The lowest BCUT2D eigenvalue weighted by molar-refractivity contribution is -0.137. The number of alkyl halides is 3. The highest BCUT2D eigenvalue weighted by molar-refractivity contribution is 7.90. The van der Waals surface area contributed by atoms with Gasteiger partial charge in [-0.2, -0.15) is 13.2 Å². The molecule has 0 unspecified atom stereocenters. The third kappa shape index (κ3) is 8.28. The van der Waals surface area contributed by atoms with Crippen LogP contribution in [-0.4, -0.2) is 80.5 Å². The second-order valence-electron chi connectivity index (χ2n) is 12.9. The topological polar surface area (TPSA) is 121 Å². The highest BCUT2D eigenvalue weighted by Crippen LogP contribution is 2.44. The van der Waals surface area contributed by atoms with Crippen molar-refractivity contribution in [3.8, 4) is 17.0 Å². The van der Waals surface area contributed by atoms with Gasteiger partial charge in [0.25, 0.3) is 5.91 Å². The van der Waals surface area contributed by atoms with Crippen molar-refractivity contribution >= 4 is 26.6 Å². The van der Waals surface area contributed by atoms with E-state index < -0.39 is 33.0 Å². The quantitative estimate of drug-likeness (QED) is 0.190. The lowest BCUT2D eigenvalue weighted by Crippen LogP contribution is -2.43. The summed E-state index contributed by atoms with van der Waals surface area (Å²) in [6.07, 6.45) is 6.44. The van der Waals surface area contributed by atoms with E-state index in [2.05, 4.69) is 22.1 Å². The number of aromatic nitrogens is 1. The molecule has 13 heteroatoms. The van der Waals surface area contributed by atoms with Gasteiger partial charge in [-0.15, -0.1) is 0 Å². The van der Waals surface area contributed by atoms with Crippen molar-refractivity contribution in [2.24, 2.45) is 0 Å². The Hall–Kier alpha value is -4.04. The second kappa shape index (κ2) is 15.1. The van der Waals surface area contributed by atoms with Gasteiger partial charge in [-0.1, -0.05) is 43.0 Å². The number of likely N-dealkylation sites (tertiary alicyclic amines) is 1. The number of aliphatic hydroxyl groups is 1. The average Bonchev–Trinajstić information content (AvgIpc) is 3.86. The third-order valence-corrected chi connectivity index (χ3v) is 10.5. The average molecular weight is 713 g/mol. The molecule has 0 bridgehead atoms. The van der Waals surface area contributed by atoms with Gasteiger partial charge in [0.1, 0.15) is 10.6 Å². The first kappa shape index (κ1) is 37.2. The number of halogens is 3. The molecule has 0 atom stereocenters. The van der Waals surface area contributed by atoms with Gasteiger partial charge in [-0.05, 0) is 69.5 Å². The van der Waals surface area contributed by atoms with Crippen molar-refractivity contribution in [3.63, 3.8) is 0 Å². The highest BCUT2D eigenvalue weighted by atomic mass is 32.2. The maximum atomic E-state index is 14.7. The van der Waals surface area contributed by atoms with Gasteiger partial charge in [0.2, 0.25) is 0 Å². The molecule has 268 valence electrons. The Morgan fingerprint density at radius 2 is 1.90 bits per heavy atom. The van der Waals surface area contributed by atoms with Gasteiger partial charge in [0, 0.05) is 48.0 Å². The van der Waals surface area contributed by atoms with Crippen LogP contribution >= 0.6 is 0 Å². The zero-order chi connectivity index (χ0) is 36.3. The molecule has 2 heterocycles. The molecule has 2 fully saturated rings. The number of rotatable bonds is 13. The molecular formula is C37H43F3N4O5S. The largest absolute Gasteiger partial charge is 0.495 e. The van der Waals surface area contributed by atoms with Gasteiger partial charge < -0.3 is 20.5 Å². The van der Waals surface area contributed by atoms with Crippen molar-refractivity contribution in [2.45, 2.75) is 61.8 Å². The molecule has 2 aromatic carbocycles. The molecule has 1 aliphatic heterocycles. The Balaban J connectivity index is 1.74. The number of methoxy groups -OCH3 is 1. The zero-order valence-electron chi connectivity index (χ0n) is 28.4. The van der Waals surface area contributed by atoms with Gasteiger partial charge in [-0.25, -0.2) is 13.4 Å². The Morgan fingerprint density at radius 1 is 1.18 bits per heavy atom. The smallest absolute Gasteiger partial charge is 0.416 e. The Kier molecular flexibility index (Phi) is 11.2. The van der Waals surface area contributed by atoms with Crippen molar-refractivity contribution in [2.75, 3.05) is 39.6 Å². The molecule has 1 saturated carbocycles. The first-order chi connectivity index (χ1) is 23.7. The summed E-state index contributed by atoms with van der Waals surface area (Å²) in [6.45, 7) is 7.50. The van der Waals surface area contributed by atoms with E-state index in [1.54, 1.807) is 12.2 Å². The maximum Gasteiger partial charge on any atom is 0.416 e. The number of aliphatic hydroxyl groups excluding tert-OH is 1. The monoisotopic (exact) mass is 712 g/mol. The summed E-state index contributed by atoms with van der Waals surface area (Å²) in [5.74, 6) is -0.479. The molecule has 1 amide bonds. The molecule has 3 aromatic rings. The van der Waals surface area contributed by atoms with Crippen LogP contribution in [-0.2, 0) is 22.6 Å². The number of carbonyl (C=O) groups excluding carboxylic acids is 1. The van der Waals surface area contributed by atoms with Gasteiger partial charge >= 0.3 is 6.18 Å². The molecule has 0 radical (unpaired) electrons. The molecule has 5 rings (SSSR count). The van der Waals surface area contributed by atoms with Crippen molar-refractivity contribution in [3.05, 3.63) is 89.5 Å². The van der Waals surface area contributed by atoms with Gasteiger partial charge in [-0.3, -0.25) is 9.69 Å². The third-order valence-electron chi connectivity index (χ3n) is 9.43. The first-order valence-corrected chi connectivity index (χ1v) is 18.4. The van der Waals surface area contributed by atoms with Crippen LogP contribution < -0.4 is 15.4 Å². The normalized spacial score (nSPS) is 17.3. The number of hydrogen-bond acceptors (Lipinski definition) is 8. The van der Waals surface area contributed by atoms with E-state index in [1.165, 1.54) is 31.4 Å². The number of nitrogens with one attached hydrogen (secondary N) is 2. The number of hydrogen-bond donors (Lipinski definition) is 3. The van der Waals surface area contributed by atoms with Crippen LogP contribution in [0, 0.1) is 0 Å². The first-order valence-electron chi connectivity index (χ1n) is 16.5. The lowest BCUT2D eigenvalue weighted by atomic mass is 9.93. The lowest BCUT2D eigenvalue weighted by Gasteiger charge is -2.33. The van der Waals surface area contributed by atoms with Crippen LogP contribution in [0.2, 0.25) is 0 Å². The minimum absolute atomic E-state index is 0.00509. The summed E-state index contributed by atoms with van der Waals surface area (Å²) in [5.41, 5.74) is 0.513. The van der Waals surface area contributed by atoms with Crippen LogP contribution in [0.4, 0.5) is 13.2 Å². The van der Waals surface area contributed by atoms with Crippen molar-refractivity contribution < 1.29 is 36.2 Å². The Bertz CT molecular complexity index is 1930. The summed E-state index contributed by atoms with van der Waals surface area (Å²) >= 11 is 0. The number of amides is 1. The Labute approximate surface area is 290 Å². The summed E-state index contributed by atoms with van der Waals surface area (Å²) in [5, 5.41) is 16.0. The predicted molar refractivity (Wildman–Crippen MR) is 188 cm³/mol. The minimum Gasteiger partial charge on any atom is -0.495 e. The number of benzene rings is 2. The van der Waals surface area contributed by atoms with Crippen LogP contribution in [0.25, 0.3) is 22.2 Å². The number of allylic oxidation sites excluding steroid dienone is 4. The Morgan fingerprint density at radius 3 is 2.50 bits per heavy atom. The summed E-state index contributed by atoms with van der Waals surface area (Å²) in [6, 6.07) is 7.82. The molecule has 0 spiro atoms. The van der Waals surface area contributed by atoms with Gasteiger partial charge in [0.05, 0.1) is 41.6 Å². The van der Waals surface area contributed by atoms with E-state index >= 15 is 0 Å². The van der Waals surface area contributed by atoms with Crippen molar-refractivity contribution in [1.29, 1.82) is 0 Å². The van der Waals surface area contributed by atoms with E-state index in [4.69, 9.17) is 9.72 Å². The molecule has 9 nitrogen and oxygen atoms in total. The maximum absolute atomic E-state index is 14.7. The van der Waals surface area contributed by atoms with E-state index in [1.807, 2.05) is 19.1 Å². The molecule has 1 aromatic heterocycles. The fraction of sp³-hybridized carbons (Fsp3) is 0.405. The number of fused-ring (bicyclic) bond motifs is 1. The van der Waals surface area contributed by atoms with E-state index in [9.17, 15) is 31.5 Å². The molecule has 2 aliphatic rings. The standard InChI is InChI=1S/C37H43F3N4O5S/c1-5-6-7-9-24(2)36(14-15-36)43-35(46)33-28-21-32(50(4,47)48)31(49-3)22-30(28)42-34(25-10-8-11-26(20-25)37(38,39)40)29(33)23-44-17-12-27(13-18-44)41-16-19-45/h5-11,20-22,27,41,45H,1,12-19,23H2,2-4H3,(H,43,46). The van der Waals surface area contributed by atoms with Gasteiger partial charge in [0.15, 0.2) is 9.84 Å². The molecule has 1 aliphatic carbocycles. The molecule has 3 N–H and O–H groups in total. The number of ether oxygens (including phenoxy) is 1. The zero-order valence-corrected chi connectivity index (χ0v) is 29.3. The number of nitrogens with zero attached hydrogens (tertiary/aromatic N) is 2. The number of carbonyl (C=O) groups is 1. The SMILES string of the molecule is C=CC=CC=C(C)C1(NC(=O)c2c(CN3CCC(NCCO)CC3)c(-c3cccc(C(F)(F)F)c3)nc3cc(OC)c(S(C)(=O)=O)cc23)CC1. The van der Waals surface area contributed by atoms with Crippen LogP contribution in [0.5, 0.6) is 5.75 Å². The predicted octanol–water partition coefficient (Wildman–Crippen LogP) is 5.83. The van der Waals surface area contributed by atoms with E-state index in [0.29, 0.717) is 38.0 Å². The van der Waals surface area contributed by atoms with Crippen LogP contribution in [0.15, 0.2) is 77.7 Å². The fourth-order valence-electron chi connectivity index (χ4n) is 6.50. The van der Waals surface area contributed by atoms with Crippen molar-refractivity contribution in [1.82, 2.24) is 20.5 Å². The van der Waals surface area contributed by atoms with Crippen LogP contribution in [0.3, 0.4) is 0 Å². The van der Waals surface area contributed by atoms with E-state index in [-0.39, 0.29) is 57.6 Å². The molecule has 50 heavy (non-hydrogen) atoms. The summed E-state index contributed by atoms with van der Waals surface area (Å²) in [4.78, 5) is 21.5. The minimum atomic E-state index is -4.62. The summed E-state index contributed by atoms with van der Waals surface area (Å²) < 4.78 is 73.3. The number of piperidine rings is 1. The molecule has 1 saturated heterocycles. The number of sulfone groups is 1. The summed E-state index contributed by atoms with van der Waals surface area (Å²) in [7, 11) is -2.52. The fourth-order valence-corrected chi connectivity index (χ4v) is 7.34. The van der Waals surface area contributed by atoms with Crippen LogP contribution in [0.1, 0.15) is 54.1 Å². The number of pyridine rings is 1. The second-order valence-corrected chi connectivity index (χ2v) is 14.9.